The Morgan fingerprint density at radius 3 is 2.85 bits per heavy atom. The van der Waals surface area contributed by atoms with Crippen molar-refractivity contribution in [3.05, 3.63) is 23.8 Å². The summed E-state index contributed by atoms with van der Waals surface area (Å²) in [5.74, 6) is 1.74. The number of hydrogen-bond acceptors (Lipinski definition) is 4. The topological polar surface area (TPSA) is 33.7 Å². The van der Waals surface area contributed by atoms with Gasteiger partial charge in [0.2, 0.25) is 0 Å². The van der Waals surface area contributed by atoms with Crippen molar-refractivity contribution in [1.82, 2.24) is 10.2 Å². The molecule has 0 saturated carbocycles. The van der Waals surface area contributed by atoms with Gasteiger partial charge in [0, 0.05) is 31.1 Å². The maximum Gasteiger partial charge on any atom is 0.165 e. The molecule has 0 saturated heterocycles. The Balaban J connectivity index is 1.98. The molecule has 0 fully saturated rings. The Morgan fingerprint density at radius 1 is 1.35 bits per heavy atom. The summed E-state index contributed by atoms with van der Waals surface area (Å²) in [5, 5.41) is 3.65. The van der Waals surface area contributed by atoms with E-state index in [1.165, 1.54) is 5.56 Å². The number of benzene rings is 1. The first-order valence-electron chi connectivity index (χ1n) is 7.55. The standard InChI is InChI=1S/C16H26N2O2/c1-4-18(5-2)11-10-17-14-9-12-20-16-13(14)7-6-8-15(16)19-3/h6-8,14,17H,4-5,9-12H2,1-3H3. The van der Waals surface area contributed by atoms with Crippen LogP contribution in [0, 0.1) is 0 Å². The van der Waals surface area contributed by atoms with E-state index < -0.39 is 0 Å². The quantitative estimate of drug-likeness (QED) is 0.830. The molecular weight excluding hydrogens is 252 g/mol. The normalized spacial score (nSPS) is 17.7. The van der Waals surface area contributed by atoms with Gasteiger partial charge in [0.15, 0.2) is 11.5 Å². The van der Waals surface area contributed by atoms with Gasteiger partial charge < -0.3 is 19.7 Å². The van der Waals surface area contributed by atoms with Crippen LogP contribution in [-0.2, 0) is 0 Å². The maximum atomic E-state index is 5.77. The average molecular weight is 278 g/mol. The number of fused-ring (bicyclic) bond motifs is 1. The molecule has 0 amide bonds. The van der Waals surface area contributed by atoms with E-state index >= 15 is 0 Å². The highest BCUT2D eigenvalue weighted by atomic mass is 16.5. The van der Waals surface area contributed by atoms with Crippen LogP contribution < -0.4 is 14.8 Å². The molecular formula is C16H26N2O2. The summed E-state index contributed by atoms with van der Waals surface area (Å²) in [4.78, 5) is 2.43. The van der Waals surface area contributed by atoms with Crippen LogP contribution in [-0.4, -0.2) is 44.8 Å². The molecule has 1 aliphatic rings. The van der Waals surface area contributed by atoms with Crippen molar-refractivity contribution in [3.8, 4) is 11.5 Å². The minimum atomic E-state index is 0.365. The predicted molar refractivity (Wildman–Crippen MR) is 81.6 cm³/mol. The van der Waals surface area contributed by atoms with Crippen LogP contribution in [0.5, 0.6) is 11.5 Å². The Morgan fingerprint density at radius 2 is 2.15 bits per heavy atom. The number of para-hydroxylation sites is 1. The fraction of sp³-hybridized carbons (Fsp3) is 0.625. The molecule has 1 atom stereocenters. The molecule has 0 radical (unpaired) electrons. The van der Waals surface area contributed by atoms with E-state index in [4.69, 9.17) is 9.47 Å². The zero-order chi connectivity index (χ0) is 14.4. The molecule has 0 spiro atoms. The summed E-state index contributed by atoms with van der Waals surface area (Å²) in [6.07, 6.45) is 1.01. The summed E-state index contributed by atoms with van der Waals surface area (Å²) < 4.78 is 11.1. The van der Waals surface area contributed by atoms with Crippen LogP contribution in [0.1, 0.15) is 31.9 Å². The van der Waals surface area contributed by atoms with Crippen LogP contribution in [0.2, 0.25) is 0 Å². The zero-order valence-corrected chi connectivity index (χ0v) is 12.8. The second kappa shape index (κ2) is 7.50. The Bertz CT molecular complexity index is 419. The number of likely N-dealkylation sites (N-methyl/N-ethyl adjacent to an activating group) is 1. The van der Waals surface area contributed by atoms with Crippen molar-refractivity contribution in [2.24, 2.45) is 0 Å². The lowest BCUT2D eigenvalue weighted by Crippen LogP contribution is -2.35. The van der Waals surface area contributed by atoms with Gasteiger partial charge in [0.05, 0.1) is 13.7 Å². The Labute approximate surface area is 122 Å². The summed E-state index contributed by atoms with van der Waals surface area (Å²) in [6.45, 7) is 9.46. The van der Waals surface area contributed by atoms with E-state index in [-0.39, 0.29) is 0 Å². The van der Waals surface area contributed by atoms with Crippen molar-refractivity contribution in [3.63, 3.8) is 0 Å². The number of rotatable bonds is 7. The van der Waals surface area contributed by atoms with Gasteiger partial charge in [0.25, 0.3) is 0 Å². The number of methoxy groups -OCH3 is 1. The van der Waals surface area contributed by atoms with Crippen molar-refractivity contribution in [2.45, 2.75) is 26.3 Å². The van der Waals surface area contributed by atoms with E-state index in [9.17, 15) is 0 Å². The second-order valence-corrected chi connectivity index (χ2v) is 5.05. The van der Waals surface area contributed by atoms with Crippen LogP contribution in [0.25, 0.3) is 0 Å². The smallest absolute Gasteiger partial charge is 0.165 e. The van der Waals surface area contributed by atoms with E-state index in [1.807, 2.05) is 12.1 Å². The van der Waals surface area contributed by atoms with Gasteiger partial charge in [-0.2, -0.15) is 0 Å². The lowest BCUT2D eigenvalue weighted by molar-refractivity contribution is 0.232. The van der Waals surface area contributed by atoms with Crippen LogP contribution in [0.4, 0.5) is 0 Å². The van der Waals surface area contributed by atoms with Crippen molar-refractivity contribution in [1.29, 1.82) is 0 Å². The molecule has 1 unspecified atom stereocenters. The molecule has 112 valence electrons. The first kappa shape index (κ1) is 15.1. The zero-order valence-electron chi connectivity index (χ0n) is 12.8. The number of ether oxygens (including phenoxy) is 2. The Hall–Kier alpha value is -1.26. The number of nitrogens with zero attached hydrogens (tertiary/aromatic N) is 1. The highest BCUT2D eigenvalue weighted by molar-refractivity contribution is 5.49. The Kier molecular flexibility index (Phi) is 5.68. The monoisotopic (exact) mass is 278 g/mol. The fourth-order valence-electron chi connectivity index (χ4n) is 2.71. The molecule has 4 heteroatoms. The van der Waals surface area contributed by atoms with Gasteiger partial charge in [0.1, 0.15) is 0 Å². The second-order valence-electron chi connectivity index (χ2n) is 5.05. The lowest BCUT2D eigenvalue weighted by Gasteiger charge is -2.29. The van der Waals surface area contributed by atoms with Gasteiger partial charge in [-0.15, -0.1) is 0 Å². The minimum absolute atomic E-state index is 0.365. The molecule has 1 N–H and O–H groups in total. The van der Waals surface area contributed by atoms with Crippen molar-refractivity contribution >= 4 is 0 Å². The molecule has 0 aromatic heterocycles. The molecule has 20 heavy (non-hydrogen) atoms. The summed E-state index contributed by atoms with van der Waals surface area (Å²) in [7, 11) is 1.69. The van der Waals surface area contributed by atoms with Crippen molar-refractivity contribution in [2.75, 3.05) is 39.9 Å². The summed E-state index contributed by atoms with van der Waals surface area (Å²) in [6, 6.07) is 6.48. The van der Waals surface area contributed by atoms with Crippen LogP contribution in [0.3, 0.4) is 0 Å². The number of nitrogens with one attached hydrogen (secondary N) is 1. The molecule has 0 aliphatic carbocycles. The molecule has 4 nitrogen and oxygen atoms in total. The largest absolute Gasteiger partial charge is 0.493 e. The lowest BCUT2D eigenvalue weighted by atomic mass is 10.00. The van der Waals surface area contributed by atoms with Crippen LogP contribution >= 0.6 is 0 Å². The van der Waals surface area contributed by atoms with Crippen LogP contribution in [0.15, 0.2) is 18.2 Å². The number of hydrogen-bond donors (Lipinski definition) is 1. The van der Waals surface area contributed by atoms with Crippen molar-refractivity contribution < 1.29 is 9.47 Å². The summed E-state index contributed by atoms with van der Waals surface area (Å²) >= 11 is 0. The molecule has 1 aromatic rings. The van der Waals surface area contributed by atoms with Gasteiger partial charge in [-0.3, -0.25) is 0 Å². The first-order chi connectivity index (χ1) is 9.80. The molecule has 1 heterocycles. The van der Waals surface area contributed by atoms with E-state index in [1.54, 1.807) is 7.11 Å². The third-order valence-electron chi connectivity index (χ3n) is 3.97. The molecule has 2 rings (SSSR count). The van der Waals surface area contributed by atoms with Gasteiger partial charge in [-0.1, -0.05) is 26.0 Å². The van der Waals surface area contributed by atoms with Gasteiger partial charge in [-0.25, -0.2) is 0 Å². The third kappa shape index (κ3) is 3.44. The van der Waals surface area contributed by atoms with E-state index in [2.05, 4.69) is 30.1 Å². The molecule has 1 aromatic carbocycles. The van der Waals surface area contributed by atoms with E-state index in [0.717, 1.165) is 50.7 Å². The van der Waals surface area contributed by atoms with E-state index in [0.29, 0.717) is 6.04 Å². The highest BCUT2D eigenvalue weighted by Crippen LogP contribution is 2.38. The molecule has 1 aliphatic heterocycles. The SMILES string of the molecule is CCN(CC)CCNC1CCOc2c(OC)cccc21. The first-order valence-corrected chi connectivity index (χ1v) is 7.55. The average Bonchev–Trinajstić information content (AvgIpc) is 2.51. The molecule has 0 bridgehead atoms. The fourth-order valence-corrected chi connectivity index (χ4v) is 2.71. The summed E-state index contributed by atoms with van der Waals surface area (Å²) in [5.41, 5.74) is 1.22. The highest BCUT2D eigenvalue weighted by Gasteiger charge is 2.23. The van der Waals surface area contributed by atoms with Gasteiger partial charge >= 0.3 is 0 Å². The van der Waals surface area contributed by atoms with Gasteiger partial charge in [-0.05, 0) is 19.2 Å². The minimum Gasteiger partial charge on any atom is -0.493 e. The maximum absolute atomic E-state index is 5.77. The predicted octanol–water partition coefficient (Wildman–Crippen LogP) is 2.45. The third-order valence-corrected chi connectivity index (χ3v) is 3.97.